The van der Waals surface area contributed by atoms with Crippen LogP contribution in [-0.2, 0) is 9.59 Å². The summed E-state index contributed by atoms with van der Waals surface area (Å²) in [4.78, 5) is 21.1. The number of aliphatic carboxylic acids is 1. The van der Waals surface area contributed by atoms with E-state index in [0.717, 1.165) is 0 Å². The molecule has 17 heavy (non-hydrogen) atoms. The van der Waals surface area contributed by atoms with E-state index in [-0.39, 0.29) is 6.61 Å². The summed E-state index contributed by atoms with van der Waals surface area (Å²) in [5.74, 6) is -0.965. The molecule has 0 atom stereocenters. The van der Waals surface area contributed by atoms with Crippen LogP contribution in [0.3, 0.4) is 0 Å². The third kappa shape index (κ3) is 7.84. The summed E-state index contributed by atoms with van der Waals surface area (Å²) in [7, 11) is 0. The Hall–Kier alpha value is -2.04. The Balaban J connectivity index is 0.00000121. The Bertz CT molecular complexity index is 338. The minimum atomic E-state index is -1.08. The predicted molar refractivity (Wildman–Crippen MR) is 63.9 cm³/mol. The highest BCUT2D eigenvalue weighted by atomic mass is 16.5. The number of carboxylic acids is 1. The maximum absolute atomic E-state index is 11.0. The lowest BCUT2D eigenvalue weighted by Crippen LogP contribution is -2.33. The van der Waals surface area contributed by atoms with Crippen LogP contribution in [0.4, 0.5) is 0 Å². The molecular formula is C12H17NO4. The van der Waals surface area contributed by atoms with Crippen LogP contribution in [0.2, 0.25) is 0 Å². The van der Waals surface area contributed by atoms with Gasteiger partial charge in [0.05, 0.1) is 0 Å². The normalized spacial score (nSPS) is 8.59. The van der Waals surface area contributed by atoms with Gasteiger partial charge in [-0.25, -0.2) is 0 Å². The average Bonchev–Trinajstić information content (AvgIpc) is 2.37. The van der Waals surface area contributed by atoms with E-state index in [0.29, 0.717) is 5.75 Å². The van der Waals surface area contributed by atoms with E-state index in [9.17, 15) is 9.59 Å². The van der Waals surface area contributed by atoms with Gasteiger partial charge in [0, 0.05) is 0 Å². The van der Waals surface area contributed by atoms with Gasteiger partial charge in [-0.05, 0) is 12.1 Å². The summed E-state index contributed by atoms with van der Waals surface area (Å²) in [6, 6.07) is 8.82. The number of rotatable bonds is 5. The fraction of sp³-hybridized carbons (Fsp3) is 0.333. The van der Waals surface area contributed by atoms with Crippen LogP contribution >= 0.6 is 0 Å². The Morgan fingerprint density at radius 3 is 2.35 bits per heavy atom. The summed E-state index contributed by atoms with van der Waals surface area (Å²) in [6.07, 6.45) is 0. The lowest BCUT2D eigenvalue weighted by Gasteiger charge is -2.05. The molecule has 94 valence electrons. The zero-order valence-electron chi connectivity index (χ0n) is 9.97. The molecule has 1 aromatic rings. The SMILES string of the molecule is CC.O=C(O)CNC(=O)COc1ccccc1. The van der Waals surface area contributed by atoms with Crippen molar-refractivity contribution in [2.75, 3.05) is 13.2 Å². The van der Waals surface area contributed by atoms with E-state index in [1.54, 1.807) is 24.3 Å². The number of hydrogen-bond donors (Lipinski definition) is 2. The van der Waals surface area contributed by atoms with Crippen molar-refractivity contribution < 1.29 is 19.4 Å². The Labute approximate surface area is 100 Å². The van der Waals surface area contributed by atoms with Gasteiger partial charge in [-0.15, -0.1) is 0 Å². The van der Waals surface area contributed by atoms with E-state index in [2.05, 4.69) is 5.32 Å². The maximum Gasteiger partial charge on any atom is 0.322 e. The molecule has 0 saturated heterocycles. The summed E-state index contributed by atoms with van der Waals surface area (Å²) in [6.45, 7) is 3.42. The van der Waals surface area contributed by atoms with Crippen molar-refractivity contribution >= 4 is 11.9 Å². The molecule has 0 aromatic heterocycles. The highest BCUT2D eigenvalue weighted by Gasteiger charge is 2.03. The third-order valence-corrected chi connectivity index (χ3v) is 1.55. The van der Waals surface area contributed by atoms with E-state index >= 15 is 0 Å². The summed E-state index contributed by atoms with van der Waals surface area (Å²) < 4.78 is 5.10. The van der Waals surface area contributed by atoms with Crippen molar-refractivity contribution in [2.24, 2.45) is 0 Å². The molecule has 0 radical (unpaired) electrons. The van der Waals surface area contributed by atoms with E-state index in [1.165, 1.54) is 0 Å². The van der Waals surface area contributed by atoms with Gasteiger partial charge in [-0.3, -0.25) is 9.59 Å². The minimum Gasteiger partial charge on any atom is -0.484 e. The van der Waals surface area contributed by atoms with Crippen LogP contribution in [0.5, 0.6) is 5.75 Å². The van der Waals surface area contributed by atoms with E-state index in [4.69, 9.17) is 9.84 Å². The fourth-order valence-electron chi connectivity index (χ4n) is 0.891. The van der Waals surface area contributed by atoms with E-state index < -0.39 is 18.4 Å². The van der Waals surface area contributed by atoms with Crippen molar-refractivity contribution in [1.29, 1.82) is 0 Å². The molecule has 0 heterocycles. The number of benzene rings is 1. The first-order valence-electron chi connectivity index (χ1n) is 5.35. The number of carbonyl (C=O) groups is 2. The maximum atomic E-state index is 11.0. The molecule has 0 saturated carbocycles. The number of hydrogen-bond acceptors (Lipinski definition) is 3. The second-order valence-electron chi connectivity index (χ2n) is 2.77. The third-order valence-electron chi connectivity index (χ3n) is 1.55. The average molecular weight is 239 g/mol. The minimum absolute atomic E-state index is 0.183. The van der Waals surface area contributed by atoms with Crippen molar-refractivity contribution in [1.82, 2.24) is 5.32 Å². The number of para-hydroxylation sites is 1. The summed E-state index contributed by atoms with van der Waals surface area (Å²) in [5.41, 5.74) is 0. The lowest BCUT2D eigenvalue weighted by atomic mass is 10.3. The Morgan fingerprint density at radius 1 is 1.24 bits per heavy atom. The van der Waals surface area contributed by atoms with Crippen LogP contribution in [0.25, 0.3) is 0 Å². The first kappa shape index (κ1) is 15.0. The second kappa shape index (κ2) is 9.21. The molecule has 2 N–H and O–H groups in total. The van der Waals surface area contributed by atoms with Gasteiger partial charge in [-0.2, -0.15) is 0 Å². The van der Waals surface area contributed by atoms with Crippen LogP contribution in [0.15, 0.2) is 30.3 Å². The highest BCUT2D eigenvalue weighted by Crippen LogP contribution is 2.07. The molecular weight excluding hydrogens is 222 g/mol. The molecule has 1 aromatic carbocycles. The van der Waals surface area contributed by atoms with Gasteiger partial charge in [0.15, 0.2) is 6.61 Å². The van der Waals surface area contributed by atoms with Gasteiger partial charge in [-0.1, -0.05) is 32.0 Å². The molecule has 0 unspecified atom stereocenters. The van der Waals surface area contributed by atoms with Crippen molar-refractivity contribution in [3.63, 3.8) is 0 Å². The fourth-order valence-corrected chi connectivity index (χ4v) is 0.891. The molecule has 0 aliphatic rings. The number of amides is 1. The molecule has 1 amide bonds. The van der Waals surface area contributed by atoms with Gasteiger partial charge in [0.2, 0.25) is 0 Å². The molecule has 0 aliphatic heterocycles. The standard InChI is InChI=1S/C10H11NO4.C2H6/c12-9(11-6-10(13)14)7-15-8-4-2-1-3-5-8;1-2/h1-5H,6-7H2,(H,11,12)(H,13,14);1-2H3. The van der Waals surface area contributed by atoms with Gasteiger partial charge < -0.3 is 15.2 Å². The van der Waals surface area contributed by atoms with Gasteiger partial charge in [0.1, 0.15) is 12.3 Å². The Morgan fingerprint density at radius 2 is 1.82 bits per heavy atom. The monoisotopic (exact) mass is 239 g/mol. The van der Waals surface area contributed by atoms with Crippen molar-refractivity contribution in [2.45, 2.75) is 13.8 Å². The largest absolute Gasteiger partial charge is 0.484 e. The number of carboxylic acid groups (broad SMARTS) is 1. The topological polar surface area (TPSA) is 75.6 Å². The molecule has 5 nitrogen and oxygen atoms in total. The molecule has 0 aliphatic carbocycles. The van der Waals surface area contributed by atoms with Crippen molar-refractivity contribution in [3.05, 3.63) is 30.3 Å². The highest BCUT2D eigenvalue weighted by molar-refractivity contribution is 5.82. The number of ether oxygens (including phenoxy) is 1. The van der Waals surface area contributed by atoms with E-state index in [1.807, 2.05) is 19.9 Å². The summed E-state index contributed by atoms with van der Waals surface area (Å²) >= 11 is 0. The zero-order valence-corrected chi connectivity index (χ0v) is 9.97. The number of nitrogens with one attached hydrogen (secondary N) is 1. The Kier molecular flexibility index (Phi) is 8.10. The molecule has 0 spiro atoms. The van der Waals surface area contributed by atoms with Crippen LogP contribution in [0, 0.1) is 0 Å². The van der Waals surface area contributed by atoms with Crippen LogP contribution in [0.1, 0.15) is 13.8 Å². The predicted octanol–water partition coefficient (Wildman–Crippen LogP) is 1.29. The zero-order chi connectivity index (χ0) is 13.1. The quantitative estimate of drug-likeness (QED) is 0.811. The lowest BCUT2D eigenvalue weighted by molar-refractivity contribution is -0.138. The molecule has 0 bridgehead atoms. The first-order chi connectivity index (χ1) is 8.18. The molecule has 5 heteroatoms. The van der Waals surface area contributed by atoms with Crippen LogP contribution < -0.4 is 10.1 Å². The molecule has 1 rings (SSSR count). The van der Waals surface area contributed by atoms with Gasteiger partial charge in [0.25, 0.3) is 5.91 Å². The van der Waals surface area contributed by atoms with Gasteiger partial charge >= 0.3 is 5.97 Å². The second-order valence-corrected chi connectivity index (χ2v) is 2.77. The summed E-state index contributed by atoms with van der Waals surface area (Å²) in [5, 5.41) is 10.5. The van der Waals surface area contributed by atoms with Crippen LogP contribution in [-0.4, -0.2) is 30.1 Å². The smallest absolute Gasteiger partial charge is 0.322 e. The van der Waals surface area contributed by atoms with Crippen molar-refractivity contribution in [3.8, 4) is 5.75 Å². The molecule has 0 fully saturated rings. The first-order valence-corrected chi connectivity index (χ1v) is 5.35. The number of carbonyl (C=O) groups excluding carboxylic acids is 1.